The number of nitrogens with one attached hydrogen (secondary N) is 1. The van der Waals surface area contributed by atoms with Gasteiger partial charge in [-0.25, -0.2) is 12.7 Å². The van der Waals surface area contributed by atoms with E-state index in [1.165, 1.54) is 40.4 Å². The topological polar surface area (TPSA) is 84.9 Å². The standard InChI is InChI=1S/C18H22N2O5S/c1-20(2)26(22,23)14-10-8-13(9-11-14)12-19-18(21)17-15(24-3)6-5-7-16(17)25-4/h5-11H,12H2,1-4H3,(H,19,21). The minimum atomic E-state index is -3.47. The Morgan fingerprint density at radius 1 is 1.00 bits per heavy atom. The van der Waals surface area contributed by atoms with E-state index in [1.54, 1.807) is 30.3 Å². The van der Waals surface area contributed by atoms with Crippen molar-refractivity contribution in [2.24, 2.45) is 0 Å². The van der Waals surface area contributed by atoms with Crippen molar-refractivity contribution in [1.82, 2.24) is 9.62 Å². The molecule has 0 bridgehead atoms. The number of benzene rings is 2. The maximum atomic E-state index is 12.5. The van der Waals surface area contributed by atoms with E-state index in [-0.39, 0.29) is 17.3 Å². The molecular weight excluding hydrogens is 356 g/mol. The zero-order valence-electron chi connectivity index (χ0n) is 15.1. The molecule has 1 amide bonds. The summed E-state index contributed by atoms with van der Waals surface area (Å²) < 4.78 is 35.7. The van der Waals surface area contributed by atoms with Crippen molar-refractivity contribution in [2.75, 3.05) is 28.3 Å². The van der Waals surface area contributed by atoms with E-state index in [1.807, 2.05) is 0 Å². The third kappa shape index (κ3) is 4.14. The molecule has 1 N–H and O–H groups in total. The van der Waals surface area contributed by atoms with Crippen molar-refractivity contribution >= 4 is 15.9 Å². The molecule has 2 rings (SSSR count). The Bertz CT molecular complexity index is 855. The van der Waals surface area contributed by atoms with Gasteiger partial charge < -0.3 is 14.8 Å². The van der Waals surface area contributed by atoms with Crippen molar-refractivity contribution in [1.29, 1.82) is 0 Å². The Morgan fingerprint density at radius 2 is 1.54 bits per heavy atom. The van der Waals surface area contributed by atoms with Crippen LogP contribution in [0.3, 0.4) is 0 Å². The molecule has 140 valence electrons. The Balaban J connectivity index is 2.14. The van der Waals surface area contributed by atoms with E-state index >= 15 is 0 Å². The van der Waals surface area contributed by atoms with Crippen molar-refractivity contribution in [3.8, 4) is 11.5 Å². The third-order valence-corrected chi connectivity index (χ3v) is 5.64. The third-order valence-electron chi connectivity index (χ3n) is 3.81. The molecule has 0 aliphatic rings. The number of nitrogens with zero attached hydrogens (tertiary/aromatic N) is 1. The number of amides is 1. The van der Waals surface area contributed by atoms with Crippen molar-refractivity contribution in [3.63, 3.8) is 0 Å². The van der Waals surface area contributed by atoms with Gasteiger partial charge in [0.2, 0.25) is 10.0 Å². The number of carbonyl (C=O) groups is 1. The molecule has 0 radical (unpaired) electrons. The van der Waals surface area contributed by atoms with Crippen molar-refractivity contribution in [3.05, 3.63) is 53.6 Å². The van der Waals surface area contributed by atoms with Crippen LogP contribution in [0.1, 0.15) is 15.9 Å². The van der Waals surface area contributed by atoms with E-state index in [0.29, 0.717) is 17.1 Å². The lowest BCUT2D eigenvalue weighted by molar-refractivity contribution is 0.0944. The summed E-state index contributed by atoms with van der Waals surface area (Å²) in [7, 11) is 2.44. The first-order valence-corrected chi connectivity index (χ1v) is 9.26. The lowest BCUT2D eigenvalue weighted by Gasteiger charge is -2.14. The van der Waals surface area contributed by atoms with Crippen molar-refractivity contribution < 1.29 is 22.7 Å². The lowest BCUT2D eigenvalue weighted by Crippen LogP contribution is -2.24. The lowest BCUT2D eigenvalue weighted by atomic mass is 10.1. The van der Waals surface area contributed by atoms with Crippen LogP contribution in [0.25, 0.3) is 0 Å². The summed E-state index contributed by atoms with van der Waals surface area (Å²) in [5, 5.41) is 2.79. The predicted octanol–water partition coefficient (Wildman–Crippen LogP) is 1.88. The number of sulfonamides is 1. The maximum absolute atomic E-state index is 12.5. The van der Waals surface area contributed by atoms with Crippen LogP contribution in [0.4, 0.5) is 0 Å². The summed E-state index contributed by atoms with van der Waals surface area (Å²) in [5.74, 6) is 0.479. The van der Waals surface area contributed by atoms with Crippen LogP contribution in [0.2, 0.25) is 0 Å². The van der Waals surface area contributed by atoms with Gasteiger partial charge in [0.25, 0.3) is 5.91 Å². The van der Waals surface area contributed by atoms with Crippen LogP contribution in [0, 0.1) is 0 Å². The van der Waals surface area contributed by atoms with Gasteiger partial charge in [0, 0.05) is 20.6 Å². The molecular formula is C18H22N2O5S. The highest BCUT2D eigenvalue weighted by Gasteiger charge is 2.19. The first kappa shape index (κ1) is 19.7. The summed E-state index contributed by atoms with van der Waals surface area (Å²) in [6, 6.07) is 11.4. The summed E-state index contributed by atoms with van der Waals surface area (Å²) in [6.45, 7) is 0.238. The average Bonchev–Trinajstić information content (AvgIpc) is 2.65. The minimum Gasteiger partial charge on any atom is -0.496 e. The second kappa shape index (κ2) is 8.20. The summed E-state index contributed by atoms with van der Waals surface area (Å²) >= 11 is 0. The van der Waals surface area contributed by atoms with Gasteiger partial charge in [-0.1, -0.05) is 18.2 Å². The molecule has 0 aliphatic heterocycles. The van der Waals surface area contributed by atoms with E-state index in [0.717, 1.165) is 9.87 Å². The number of hydrogen-bond donors (Lipinski definition) is 1. The molecule has 0 aromatic heterocycles. The molecule has 7 nitrogen and oxygen atoms in total. The van der Waals surface area contributed by atoms with E-state index in [4.69, 9.17) is 9.47 Å². The van der Waals surface area contributed by atoms with E-state index in [2.05, 4.69) is 5.32 Å². The second-order valence-electron chi connectivity index (χ2n) is 5.65. The number of methoxy groups -OCH3 is 2. The molecule has 0 saturated heterocycles. The fourth-order valence-corrected chi connectivity index (χ4v) is 3.24. The van der Waals surface area contributed by atoms with Gasteiger partial charge in [-0.2, -0.15) is 0 Å². The molecule has 0 saturated carbocycles. The van der Waals surface area contributed by atoms with Gasteiger partial charge in [-0.05, 0) is 29.8 Å². The van der Waals surface area contributed by atoms with Crippen LogP contribution < -0.4 is 14.8 Å². The highest BCUT2D eigenvalue weighted by Crippen LogP contribution is 2.28. The molecule has 0 atom stereocenters. The predicted molar refractivity (Wildman–Crippen MR) is 98.0 cm³/mol. The number of ether oxygens (including phenoxy) is 2. The van der Waals surface area contributed by atoms with Crippen LogP contribution in [0.15, 0.2) is 47.4 Å². The molecule has 0 spiro atoms. The monoisotopic (exact) mass is 378 g/mol. The zero-order chi connectivity index (χ0) is 19.3. The Hall–Kier alpha value is -2.58. The fraction of sp³-hybridized carbons (Fsp3) is 0.278. The first-order chi connectivity index (χ1) is 12.3. The van der Waals surface area contributed by atoms with Gasteiger partial charge in [-0.3, -0.25) is 4.79 Å². The highest BCUT2D eigenvalue weighted by atomic mass is 32.2. The van der Waals surface area contributed by atoms with Crippen LogP contribution in [-0.4, -0.2) is 46.9 Å². The Labute approximate surface area is 153 Å². The van der Waals surface area contributed by atoms with Crippen molar-refractivity contribution in [2.45, 2.75) is 11.4 Å². The summed E-state index contributed by atoms with van der Waals surface area (Å²) in [6.07, 6.45) is 0. The largest absolute Gasteiger partial charge is 0.496 e. The molecule has 8 heteroatoms. The first-order valence-electron chi connectivity index (χ1n) is 7.82. The molecule has 2 aromatic carbocycles. The molecule has 26 heavy (non-hydrogen) atoms. The van der Waals surface area contributed by atoms with Crippen LogP contribution in [-0.2, 0) is 16.6 Å². The van der Waals surface area contributed by atoms with Gasteiger partial charge >= 0.3 is 0 Å². The SMILES string of the molecule is COc1cccc(OC)c1C(=O)NCc1ccc(S(=O)(=O)N(C)C)cc1. The Kier molecular flexibility index (Phi) is 6.23. The molecule has 0 unspecified atom stereocenters. The number of rotatable bonds is 7. The van der Waals surface area contributed by atoms with Crippen LogP contribution in [0.5, 0.6) is 11.5 Å². The van der Waals surface area contributed by atoms with E-state index in [9.17, 15) is 13.2 Å². The van der Waals surface area contributed by atoms with Gasteiger partial charge in [0.15, 0.2) is 0 Å². The van der Waals surface area contributed by atoms with Gasteiger partial charge in [0.1, 0.15) is 17.1 Å². The highest BCUT2D eigenvalue weighted by molar-refractivity contribution is 7.89. The molecule has 0 heterocycles. The fourth-order valence-electron chi connectivity index (χ4n) is 2.34. The summed E-state index contributed by atoms with van der Waals surface area (Å²) in [5.41, 5.74) is 1.08. The normalized spacial score (nSPS) is 11.3. The Morgan fingerprint density at radius 3 is 2.00 bits per heavy atom. The van der Waals surface area contributed by atoms with Gasteiger partial charge in [-0.15, -0.1) is 0 Å². The quantitative estimate of drug-likeness (QED) is 0.795. The van der Waals surface area contributed by atoms with Crippen LogP contribution >= 0.6 is 0 Å². The molecule has 0 aliphatic carbocycles. The zero-order valence-corrected chi connectivity index (χ0v) is 16.0. The number of hydrogen-bond acceptors (Lipinski definition) is 5. The minimum absolute atomic E-state index is 0.198. The molecule has 0 fully saturated rings. The maximum Gasteiger partial charge on any atom is 0.259 e. The summed E-state index contributed by atoms with van der Waals surface area (Å²) in [4.78, 5) is 12.7. The average molecular weight is 378 g/mol. The number of carbonyl (C=O) groups excluding carboxylic acids is 1. The van der Waals surface area contributed by atoms with Gasteiger partial charge in [0.05, 0.1) is 19.1 Å². The smallest absolute Gasteiger partial charge is 0.259 e. The van der Waals surface area contributed by atoms with E-state index < -0.39 is 10.0 Å². The second-order valence-corrected chi connectivity index (χ2v) is 7.80. The molecule has 2 aromatic rings.